The maximum absolute atomic E-state index is 12.3. The number of nitrogens with zero attached hydrogens (tertiary/aromatic N) is 1. The molecule has 1 atom stereocenters. The zero-order valence-electron chi connectivity index (χ0n) is 16.6. The molecule has 1 aliphatic rings. The topological polar surface area (TPSA) is 86.7 Å². The fourth-order valence-electron chi connectivity index (χ4n) is 3.75. The number of rotatable bonds is 7. The maximum Gasteiger partial charge on any atom is 0.308 e. The minimum absolute atomic E-state index is 0.00114. The highest BCUT2D eigenvalue weighted by Gasteiger charge is 2.22. The molecule has 2 N–H and O–H groups in total. The number of fused-ring (bicyclic) bond motifs is 1. The van der Waals surface area contributed by atoms with E-state index < -0.39 is 11.9 Å². The molecule has 6 heteroatoms. The molecule has 3 rings (SSSR count). The Morgan fingerprint density at radius 3 is 2.59 bits per heavy atom. The second-order valence-electron chi connectivity index (χ2n) is 7.70. The number of nitrogens with one attached hydrogen (secondary N) is 1. The highest BCUT2D eigenvalue weighted by Crippen LogP contribution is 2.18. The van der Waals surface area contributed by atoms with Crippen molar-refractivity contribution in [2.24, 2.45) is 5.92 Å². The molecule has 2 aromatic rings. The number of carbonyl (C=O) groups excluding carboxylic acids is 2. The number of carboxylic acids is 1. The van der Waals surface area contributed by atoms with Crippen molar-refractivity contribution in [1.29, 1.82) is 0 Å². The monoisotopic (exact) mass is 396 g/mol. The summed E-state index contributed by atoms with van der Waals surface area (Å²) in [5.41, 5.74) is 0.921. The van der Waals surface area contributed by atoms with Crippen molar-refractivity contribution >= 4 is 28.6 Å². The summed E-state index contributed by atoms with van der Waals surface area (Å²) in [6, 6.07) is 13.8. The normalized spacial score (nSPS) is 16.1. The standard InChI is InChI=1S/C23H28N2O4/c26-21(16-25-12-6-2-1-3-9-22(25)27)24-15-20(23(28)29)14-17-10-11-18-7-4-5-8-19(18)13-17/h4-5,7-8,10-11,13,20H,1-3,6,9,12,14-16H2,(H,24,26)(H,28,29). The molecule has 2 amide bonds. The van der Waals surface area contributed by atoms with Crippen LogP contribution in [0.25, 0.3) is 10.8 Å². The van der Waals surface area contributed by atoms with Gasteiger partial charge in [0.2, 0.25) is 11.8 Å². The Morgan fingerprint density at radius 2 is 1.79 bits per heavy atom. The maximum atomic E-state index is 12.3. The molecule has 2 aromatic carbocycles. The van der Waals surface area contributed by atoms with Gasteiger partial charge in [0, 0.05) is 19.5 Å². The van der Waals surface area contributed by atoms with Crippen molar-refractivity contribution in [2.75, 3.05) is 19.6 Å². The van der Waals surface area contributed by atoms with Crippen molar-refractivity contribution in [3.05, 3.63) is 48.0 Å². The first-order valence-electron chi connectivity index (χ1n) is 10.3. The van der Waals surface area contributed by atoms with Gasteiger partial charge in [0.05, 0.1) is 12.5 Å². The second kappa shape index (κ2) is 10.0. The van der Waals surface area contributed by atoms with Gasteiger partial charge in [-0.1, -0.05) is 55.3 Å². The molecule has 0 radical (unpaired) electrons. The summed E-state index contributed by atoms with van der Waals surface area (Å²) in [7, 11) is 0. The van der Waals surface area contributed by atoms with Crippen LogP contribution in [0.1, 0.15) is 37.7 Å². The van der Waals surface area contributed by atoms with Crippen LogP contribution in [0, 0.1) is 5.92 Å². The van der Waals surface area contributed by atoms with Gasteiger partial charge >= 0.3 is 5.97 Å². The summed E-state index contributed by atoms with van der Waals surface area (Å²) in [6.07, 6.45) is 4.71. The second-order valence-corrected chi connectivity index (χ2v) is 7.70. The Kier molecular flexibility index (Phi) is 7.22. The van der Waals surface area contributed by atoms with E-state index >= 15 is 0 Å². The Morgan fingerprint density at radius 1 is 1.03 bits per heavy atom. The number of carboxylic acid groups (broad SMARTS) is 1. The molecule has 0 spiro atoms. The van der Waals surface area contributed by atoms with E-state index in [4.69, 9.17) is 0 Å². The Balaban J connectivity index is 1.56. The highest BCUT2D eigenvalue weighted by atomic mass is 16.4. The molecule has 6 nitrogen and oxygen atoms in total. The zero-order chi connectivity index (χ0) is 20.6. The van der Waals surface area contributed by atoms with Crippen molar-refractivity contribution in [3.8, 4) is 0 Å². The van der Waals surface area contributed by atoms with E-state index in [1.54, 1.807) is 4.90 Å². The lowest BCUT2D eigenvalue weighted by molar-refractivity contribution is -0.142. The van der Waals surface area contributed by atoms with E-state index in [1.807, 2.05) is 42.5 Å². The van der Waals surface area contributed by atoms with Crippen LogP contribution in [0.4, 0.5) is 0 Å². The van der Waals surface area contributed by atoms with Crippen LogP contribution in [-0.2, 0) is 20.8 Å². The number of hydrogen-bond donors (Lipinski definition) is 2. The van der Waals surface area contributed by atoms with Crippen LogP contribution in [0.5, 0.6) is 0 Å². The predicted octanol–water partition coefficient (Wildman–Crippen LogP) is 2.99. The van der Waals surface area contributed by atoms with E-state index in [0.717, 1.165) is 42.0 Å². The van der Waals surface area contributed by atoms with Gasteiger partial charge in [-0.2, -0.15) is 0 Å². The summed E-state index contributed by atoms with van der Waals surface area (Å²) in [5, 5.41) is 14.5. The minimum Gasteiger partial charge on any atom is -0.481 e. The molecule has 1 aliphatic heterocycles. The Bertz CT molecular complexity index is 880. The third-order valence-electron chi connectivity index (χ3n) is 5.45. The van der Waals surface area contributed by atoms with E-state index in [2.05, 4.69) is 5.32 Å². The zero-order valence-corrected chi connectivity index (χ0v) is 16.6. The molecule has 1 saturated heterocycles. The number of carbonyl (C=O) groups is 3. The fourth-order valence-corrected chi connectivity index (χ4v) is 3.75. The van der Waals surface area contributed by atoms with Crippen molar-refractivity contribution < 1.29 is 19.5 Å². The number of amides is 2. The summed E-state index contributed by atoms with van der Waals surface area (Å²) in [4.78, 5) is 37.7. The number of likely N-dealkylation sites (tertiary alicyclic amines) is 1. The number of aliphatic carboxylic acids is 1. The first-order chi connectivity index (χ1) is 14.0. The number of hydrogen-bond acceptors (Lipinski definition) is 3. The van der Waals surface area contributed by atoms with Crippen LogP contribution < -0.4 is 5.32 Å². The third-order valence-corrected chi connectivity index (χ3v) is 5.45. The van der Waals surface area contributed by atoms with Crippen molar-refractivity contribution in [1.82, 2.24) is 10.2 Å². The van der Waals surface area contributed by atoms with Crippen molar-refractivity contribution in [2.45, 2.75) is 38.5 Å². The molecule has 0 aliphatic carbocycles. The summed E-state index contributed by atoms with van der Waals surface area (Å²) in [5.74, 6) is -1.96. The highest BCUT2D eigenvalue weighted by molar-refractivity contribution is 5.85. The summed E-state index contributed by atoms with van der Waals surface area (Å²) < 4.78 is 0. The Labute approximate surface area is 170 Å². The largest absolute Gasteiger partial charge is 0.481 e. The molecule has 1 unspecified atom stereocenters. The third kappa shape index (κ3) is 6.04. The molecule has 0 bridgehead atoms. The van der Waals surface area contributed by atoms with Gasteiger partial charge in [0.1, 0.15) is 0 Å². The molecule has 1 fully saturated rings. The lowest BCUT2D eigenvalue weighted by Crippen LogP contribution is -2.43. The van der Waals surface area contributed by atoms with Gasteiger partial charge in [-0.25, -0.2) is 0 Å². The van der Waals surface area contributed by atoms with E-state index in [1.165, 1.54) is 0 Å². The predicted molar refractivity (Wildman–Crippen MR) is 111 cm³/mol. The fraction of sp³-hybridized carbons (Fsp3) is 0.435. The van der Waals surface area contributed by atoms with E-state index in [9.17, 15) is 19.5 Å². The molecular formula is C23H28N2O4. The SMILES string of the molecule is O=C(CN1CCCCCCC1=O)NCC(Cc1ccc2ccccc2c1)C(=O)O. The Hall–Kier alpha value is -2.89. The average molecular weight is 396 g/mol. The van der Waals surface area contributed by atoms with Gasteiger partial charge in [-0.3, -0.25) is 14.4 Å². The van der Waals surface area contributed by atoms with Gasteiger partial charge in [-0.05, 0) is 35.6 Å². The molecule has 154 valence electrons. The van der Waals surface area contributed by atoms with Crippen LogP contribution in [0.15, 0.2) is 42.5 Å². The van der Waals surface area contributed by atoms with Gasteiger partial charge in [0.15, 0.2) is 0 Å². The van der Waals surface area contributed by atoms with Crippen LogP contribution in [-0.4, -0.2) is 47.4 Å². The first kappa shape index (κ1) is 20.8. The molecule has 29 heavy (non-hydrogen) atoms. The molecular weight excluding hydrogens is 368 g/mol. The summed E-state index contributed by atoms with van der Waals surface area (Å²) >= 11 is 0. The quantitative estimate of drug-likeness (QED) is 0.753. The summed E-state index contributed by atoms with van der Waals surface area (Å²) in [6.45, 7) is 0.635. The van der Waals surface area contributed by atoms with Crippen LogP contribution in [0.2, 0.25) is 0 Å². The van der Waals surface area contributed by atoms with Crippen molar-refractivity contribution in [3.63, 3.8) is 0 Å². The molecule has 0 aromatic heterocycles. The molecule has 1 heterocycles. The van der Waals surface area contributed by atoms with E-state index in [-0.39, 0.29) is 24.9 Å². The number of benzene rings is 2. The van der Waals surface area contributed by atoms with Crippen LogP contribution >= 0.6 is 0 Å². The van der Waals surface area contributed by atoms with Gasteiger partial charge < -0.3 is 15.3 Å². The first-order valence-corrected chi connectivity index (χ1v) is 10.3. The minimum atomic E-state index is -0.944. The van der Waals surface area contributed by atoms with Gasteiger partial charge in [-0.15, -0.1) is 0 Å². The van der Waals surface area contributed by atoms with E-state index in [0.29, 0.717) is 19.4 Å². The molecule has 0 saturated carbocycles. The lowest BCUT2D eigenvalue weighted by Gasteiger charge is -2.24. The average Bonchev–Trinajstić information content (AvgIpc) is 2.70. The van der Waals surface area contributed by atoms with Crippen LogP contribution in [0.3, 0.4) is 0 Å². The van der Waals surface area contributed by atoms with Gasteiger partial charge in [0.25, 0.3) is 0 Å². The lowest BCUT2D eigenvalue weighted by atomic mass is 9.97. The smallest absolute Gasteiger partial charge is 0.308 e.